The molecule has 0 bridgehead atoms. The minimum Gasteiger partial charge on any atom is -0.348 e. The lowest BCUT2D eigenvalue weighted by molar-refractivity contribution is -0.122. The van der Waals surface area contributed by atoms with Gasteiger partial charge in [-0.1, -0.05) is 35.8 Å². The van der Waals surface area contributed by atoms with Gasteiger partial charge in [-0.2, -0.15) is 0 Å². The average Bonchev–Trinajstić information content (AvgIpc) is 2.44. The van der Waals surface area contributed by atoms with Gasteiger partial charge >= 0.3 is 0 Å². The van der Waals surface area contributed by atoms with E-state index < -0.39 is 5.54 Å². The second-order valence-corrected chi connectivity index (χ2v) is 6.43. The van der Waals surface area contributed by atoms with E-state index in [1.165, 1.54) is 0 Å². The maximum absolute atomic E-state index is 11.9. The van der Waals surface area contributed by atoms with Crippen molar-refractivity contribution >= 4 is 27.7 Å². The van der Waals surface area contributed by atoms with Crippen LogP contribution in [0.5, 0.6) is 0 Å². The Bertz CT molecular complexity index is 519. The van der Waals surface area contributed by atoms with E-state index in [2.05, 4.69) is 26.6 Å². The zero-order chi connectivity index (χ0) is 16.0. The van der Waals surface area contributed by atoms with Crippen LogP contribution in [0, 0.1) is 5.92 Å². The van der Waals surface area contributed by atoms with Gasteiger partial charge in [-0.25, -0.2) is 0 Å². The molecule has 0 spiro atoms. The fourth-order valence-electron chi connectivity index (χ4n) is 1.69. The van der Waals surface area contributed by atoms with Crippen molar-refractivity contribution in [3.63, 3.8) is 0 Å². The third-order valence-electron chi connectivity index (χ3n) is 3.62. The van der Waals surface area contributed by atoms with Gasteiger partial charge in [-0.05, 0) is 31.0 Å². The van der Waals surface area contributed by atoms with E-state index in [9.17, 15) is 9.59 Å². The summed E-state index contributed by atoms with van der Waals surface area (Å²) in [6.07, 6.45) is 0. The molecule has 0 aliphatic carbocycles. The summed E-state index contributed by atoms with van der Waals surface area (Å²) in [5.74, 6) is -0.335. The normalized spacial score (nSPS) is 13.6. The summed E-state index contributed by atoms with van der Waals surface area (Å²) in [6, 6.07) is 6.99. The van der Waals surface area contributed by atoms with Crippen LogP contribution in [0.2, 0.25) is 0 Å². The molecule has 1 atom stereocenters. The zero-order valence-corrected chi connectivity index (χ0v) is 14.2. The standard InChI is InChI=1S/C15H22BrN3O2/c1-10(2)15(3,9-17)19-13(20)8-18-14(21)11-5-4-6-12(16)7-11/h4-7,10H,8-9,17H2,1-3H3,(H,18,21)(H,19,20). The third-order valence-corrected chi connectivity index (χ3v) is 4.11. The Kier molecular flexibility index (Phi) is 6.36. The summed E-state index contributed by atoms with van der Waals surface area (Å²) in [6.45, 7) is 6.15. The number of carbonyl (C=O) groups excluding carboxylic acids is 2. The van der Waals surface area contributed by atoms with Crippen molar-refractivity contribution in [2.24, 2.45) is 11.7 Å². The van der Waals surface area contributed by atoms with Crippen molar-refractivity contribution in [2.75, 3.05) is 13.1 Å². The summed E-state index contributed by atoms with van der Waals surface area (Å²) >= 11 is 3.30. The number of nitrogens with two attached hydrogens (primary N) is 1. The highest BCUT2D eigenvalue weighted by atomic mass is 79.9. The van der Waals surface area contributed by atoms with E-state index in [0.717, 1.165) is 4.47 Å². The minimum absolute atomic E-state index is 0.0757. The number of carbonyl (C=O) groups is 2. The monoisotopic (exact) mass is 355 g/mol. The van der Waals surface area contributed by atoms with Crippen LogP contribution in [0.25, 0.3) is 0 Å². The van der Waals surface area contributed by atoms with E-state index in [1.54, 1.807) is 18.2 Å². The topological polar surface area (TPSA) is 84.2 Å². The van der Waals surface area contributed by atoms with Crippen molar-refractivity contribution in [3.05, 3.63) is 34.3 Å². The van der Waals surface area contributed by atoms with Crippen molar-refractivity contribution in [3.8, 4) is 0 Å². The molecule has 0 heterocycles. The quantitative estimate of drug-likeness (QED) is 0.725. The largest absolute Gasteiger partial charge is 0.348 e. The minimum atomic E-state index is -0.475. The first kappa shape index (κ1) is 17.7. The van der Waals surface area contributed by atoms with Gasteiger partial charge in [0.05, 0.1) is 12.1 Å². The highest BCUT2D eigenvalue weighted by Crippen LogP contribution is 2.14. The zero-order valence-electron chi connectivity index (χ0n) is 12.6. The molecule has 0 aliphatic heterocycles. The van der Waals surface area contributed by atoms with Gasteiger partial charge in [-0.15, -0.1) is 0 Å². The maximum atomic E-state index is 11.9. The summed E-state index contributed by atoms with van der Waals surface area (Å²) < 4.78 is 0.815. The van der Waals surface area contributed by atoms with Crippen LogP contribution < -0.4 is 16.4 Å². The molecule has 2 amide bonds. The lowest BCUT2D eigenvalue weighted by Crippen LogP contribution is -2.56. The van der Waals surface area contributed by atoms with Crippen LogP contribution >= 0.6 is 15.9 Å². The molecule has 1 aromatic carbocycles. The average molecular weight is 356 g/mol. The van der Waals surface area contributed by atoms with Crippen LogP contribution in [0.3, 0.4) is 0 Å². The molecule has 1 aromatic rings. The number of hydrogen-bond acceptors (Lipinski definition) is 3. The van der Waals surface area contributed by atoms with Crippen molar-refractivity contribution in [1.29, 1.82) is 0 Å². The number of nitrogens with one attached hydrogen (secondary N) is 2. The Morgan fingerprint density at radius 3 is 2.57 bits per heavy atom. The highest BCUT2D eigenvalue weighted by Gasteiger charge is 2.28. The summed E-state index contributed by atoms with van der Waals surface area (Å²) in [5.41, 5.74) is 5.74. The summed E-state index contributed by atoms with van der Waals surface area (Å²) in [4.78, 5) is 23.9. The first-order valence-corrected chi connectivity index (χ1v) is 7.62. The molecule has 116 valence electrons. The number of hydrogen-bond donors (Lipinski definition) is 3. The van der Waals surface area contributed by atoms with E-state index >= 15 is 0 Å². The molecule has 4 N–H and O–H groups in total. The molecule has 21 heavy (non-hydrogen) atoms. The van der Waals surface area contributed by atoms with Crippen molar-refractivity contribution < 1.29 is 9.59 Å². The molecule has 1 rings (SSSR count). The van der Waals surface area contributed by atoms with Crippen LogP contribution in [0.4, 0.5) is 0 Å². The van der Waals surface area contributed by atoms with Crippen LogP contribution in [-0.4, -0.2) is 30.4 Å². The summed E-state index contributed by atoms with van der Waals surface area (Å²) in [5, 5.41) is 5.47. The van der Waals surface area contributed by atoms with E-state index in [0.29, 0.717) is 12.1 Å². The highest BCUT2D eigenvalue weighted by molar-refractivity contribution is 9.10. The Hall–Kier alpha value is -1.40. The maximum Gasteiger partial charge on any atom is 0.251 e. The predicted octanol–water partition coefficient (Wildman–Crippen LogP) is 1.67. The lowest BCUT2D eigenvalue weighted by atomic mass is 9.88. The fourth-order valence-corrected chi connectivity index (χ4v) is 2.09. The SMILES string of the molecule is CC(C)C(C)(CN)NC(=O)CNC(=O)c1cccc(Br)c1. The molecule has 0 aliphatic rings. The molecule has 0 aromatic heterocycles. The smallest absolute Gasteiger partial charge is 0.251 e. The predicted molar refractivity (Wildman–Crippen MR) is 86.9 cm³/mol. The van der Waals surface area contributed by atoms with Crippen LogP contribution in [0.1, 0.15) is 31.1 Å². The van der Waals surface area contributed by atoms with Gasteiger partial charge in [0.1, 0.15) is 0 Å². The van der Waals surface area contributed by atoms with Crippen LogP contribution in [-0.2, 0) is 4.79 Å². The molecule has 6 heteroatoms. The Morgan fingerprint density at radius 1 is 1.38 bits per heavy atom. The Balaban J connectivity index is 2.55. The number of rotatable bonds is 6. The van der Waals surface area contributed by atoms with E-state index in [4.69, 9.17) is 5.73 Å². The molecule has 1 unspecified atom stereocenters. The van der Waals surface area contributed by atoms with Crippen molar-refractivity contribution in [2.45, 2.75) is 26.3 Å². The molecule has 5 nitrogen and oxygen atoms in total. The van der Waals surface area contributed by atoms with Gasteiger partial charge < -0.3 is 16.4 Å². The number of halogens is 1. The molecule has 0 radical (unpaired) electrons. The first-order chi connectivity index (χ1) is 9.78. The fraction of sp³-hybridized carbons (Fsp3) is 0.467. The number of benzene rings is 1. The van der Waals surface area contributed by atoms with E-state index in [1.807, 2.05) is 26.8 Å². The van der Waals surface area contributed by atoms with Gasteiger partial charge in [-0.3, -0.25) is 9.59 Å². The Labute approximate surface area is 133 Å². The summed E-state index contributed by atoms with van der Waals surface area (Å²) in [7, 11) is 0. The first-order valence-electron chi connectivity index (χ1n) is 6.83. The molecule has 0 saturated carbocycles. The van der Waals surface area contributed by atoms with E-state index in [-0.39, 0.29) is 24.3 Å². The lowest BCUT2D eigenvalue weighted by Gasteiger charge is -2.33. The van der Waals surface area contributed by atoms with Gasteiger partial charge in [0.25, 0.3) is 5.91 Å². The van der Waals surface area contributed by atoms with Crippen molar-refractivity contribution in [1.82, 2.24) is 10.6 Å². The Morgan fingerprint density at radius 2 is 2.05 bits per heavy atom. The molecular weight excluding hydrogens is 334 g/mol. The van der Waals surface area contributed by atoms with Gasteiger partial charge in [0, 0.05) is 16.6 Å². The molecule has 0 fully saturated rings. The second kappa shape index (κ2) is 7.56. The molecular formula is C15H22BrN3O2. The number of amides is 2. The van der Waals surface area contributed by atoms with Gasteiger partial charge in [0.2, 0.25) is 5.91 Å². The van der Waals surface area contributed by atoms with Crippen LogP contribution in [0.15, 0.2) is 28.7 Å². The second-order valence-electron chi connectivity index (χ2n) is 5.52. The molecule has 0 saturated heterocycles. The van der Waals surface area contributed by atoms with Gasteiger partial charge in [0.15, 0.2) is 0 Å². The third kappa shape index (κ3) is 5.13.